The molecule has 0 bridgehead atoms. The highest BCUT2D eigenvalue weighted by molar-refractivity contribution is 7.85. The topological polar surface area (TPSA) is 37.4 Å². The van der Waals surface area contributed by atoms with Gasteiger partial charge in [-0.1, -0.05) is 39.0 Å². The Bertz CT molecular complexity index is 856. The van der Waals surface area contributed by atoms with Crippen LogP contribution in [0.4, 0.5) is 0 Å². The zero-order valence-corrected chi connectivity index (χ0v) is 19.8. The Kier molecular flexibility index (Phi) is 4.96. The van der Waals surface area contributed by atoms with Crippen molar-refractivity contribution >= 4 is 16.7 Å². The average Bonchev–Trinajstić information content (AvgIpc) is 3.10. The van der Waals surface area contributed by atoms with Crippen molar-refractivity contribution < 1.29 is 9.00 Å². The molecule has 4 fully saturated rings. The number of benzene rings is 1. The van der Waals surface area contributed by atoms with Gasteiger partial charge >= 0.3 is 0 Å². The summed E-state index contributed by atoms with van der Waals surface area (Å²) in [7, 11) is 1.13. The second-order valence-electron chi connectivity index (χ2n) is 11.4. The van der Waals surface area contributed by atoms with E-state index in [0.29, 0.717) is 47.5 Å². The Morgan fingerprint density at radius 1 is 1.07 bits per heavy atom. The zero-order chi connectivity index (χ0) is 21.3. The van der Waals surface area contributed by atoms with Gasteiger partial charge in [-0.25, -0.2) is 0 Å². The predicted molar refractivity (Wildman–Crippen MR) is 121 cm³/mol. The van der Waals surface area contributed by atoms with Crippen molar-refractivity contribution in [2.75, 3.05) is 7.05 Å². The smallest absolute Gasteiger partial charge is 0.222 e. The average molecular weight is 428 g/mol. The fourth-order valence-electron chi connectivity index (χ4n) is 8.37. The first kappa shape index (κ1) is 20.7. The molecule has 9 atom stereocenters. The molecule has 164 valence electrons. The number of likely N-dealkylation sites (tertiary alicyclic amines) is 1. The van der Waals surface area contributed by atoms with E-state index in [-0.39, 0.29) is 10.7 Å². The summed E-state index contributed by atoms with van der Waals surface area (Å²) in [5.41, 5.74) is 0.571. The molecule has 3 nitrogen and oxygen atoms in total. The zero-order valence-electron chi connectivity index (χ0n) is 19.0. The molecule has 1 aromatic carbocycles. The molecule has 0 N–H and O–H groups in total. The van der Waals surface area contributed by atoms with E-state index in [1.54, 1.807) is 0 Å². The summed E-state index contributed by atoms with van der Waals surface area (Å²) >= 11 is 0. The number of rotatable bonds is 2. The summed E-state index contributed by atoms with van der Waals surface area (Å²) in [6.45, 7) is 7.42. The molecule has 1 saturated heterocycles. The van der Waals surface area contributed by atoms with Gasteiger partial charge in [0, 0.05) is 29.7 Å². The standard InChI is InChI=1S/C26H37NO2S/c1-17-14-22-26(3,13-11-23(28)27(22)4)20-10-12-25(2)16-19(15-21(25)24(17)20)30(29)18-8-6-5-7-9-18/h5-9,17,19-22,24H,10-16H2,1-4H3/t17-,19-,20-,21-,22+,24?,25+,26+,30?/m0/s1. The van der Waals surface area contributed by atoms with Crippen LogP contribution in [0.1, 0.15) is 65.7 Å². The molecule has 1 heterocycles. The van der Waals surface area contributed by atoms with Crippen LogP contribution in [0.15, 0.2) is 35.2 Å². The lowest BCUT2D eigenvalue weighted by Crippen LogP contribution is -2.62. The number of amides is 1. The molecular formula is C26H37NO2S. The second-order valence-corrected chi connectivity index (χ2v) is 13.1. The fourth-order valence-corrected chi connectivity index (χ4v) is 10.1. The molecule has 0 radical (unpaired) electrons. The summed E-state index contributed by atoms with van der Waals surface area (Å²) in [6, 6.07) is 10.5. The molecule has 3 saturated carbocycles. The highest BCUT2D eigenvalue weighted by atomic mass is 32.2. The van der Waals surface area contributed by atoms with Gasteiger partial charge in [0.25, 0.3) is 0 Å². The van der Waals surface area contributed by atoms with Crippen molar-refractivity contribution in [1.29, 1.82) is 0 Å². The van der Waals surface area contributed by atoms with Crippen LogP contribution in [0.5, 0.6) is 0 Å². The molecule has 30 heavy (non-hydrogen) atoms. The monoisotopic (exact) mass is 427 g/mol. The first-order valence-electron chi connectivity index (χ1n) is 12.0. The van der Waals surface area contributed by atoms with Gasteiger partial charge < -0.3 is 4.90 Å². The van der Waals surface area contributed by atoms with Crippen LogP contribution in [-0.4, -0.2) is 33.4 Å². The molecule has 3 aliphatic carbocycles. The van der Waals surface area contributed by atoms with Crippen molar-refractivity contribution in [2.45, 2.75) is 81.9 Å². The highest BCUT2D eigenvalue weighted by Gasteiger charge is 2.62. The number of carbonyl (C=O) groups is 1. The van der Waals surface area contributed by atoms with Gasteiger partial charge in [0.05, 0.1) is 10.8 Å². The summed E-state index contributed by atoms with van der Waals surface area (Å²) < 4.78 is 13.4. The van der Waals surface area contributed by atoms with Crippen LogP contribution < -0.4 is 0 Å². The van der Waals surface area contributed by atoms with Gasteiger partial charge in [0.1, 0.15) is 0 Å². The molecule has 5 rings (SSSR count). The molecule has 4 heteroatoms. The number of nitrogens with zero attached hydrogens (tertiary/aromatic N) is 1. The lowest BCUT2D eigenvalue weighted by Gasteiger charge is -2.63. The minimum Gasteiger partial charge on any atom is -0.342 e. The van der Waals surface area contributed by atoms with Crippen molar-refractivity contribution in [3.63, 3.8) is 0 Å². The lowest BCUT2D eigenvalue weighted by molar-refractivity contribution is -0.164. The number of hydrogen-bond acceptors (Lipinski definition) is 2. The lowest BCUT2D eigenvalue weighted by atomic mass is 9.45. The van der Waals surface area contributed by atoms with Crippen molar-refractivity contribution in [3.8, 4) is 0 Å². The highest BCUT2D eigenvalue weighted by Crippen LogP contribution is 2.66. The summed E-state index contributed by atoms with van der Waals surface area (Å²) in [5, 5.41) is 0.287. The molecule has 0 aromatic heterocycles. The van der Waals surface area contributed by atoms with E-state index in [1.807, 2.05) is 37.4 Å². The molecule has 2 unspecified atom stereocenters. The first-order chi connectivity index (χ1) is 14.2. The maximum atomic E-state index is 13.4. The van der Waals surface area contributed by atoms with E-state index in [2.05, 4.69) is 25.7 Å². The van der Waals surface area contributed by atoms with Crippen LogP contribution in [0.3, 0.4) is 0 Å². The minimum absolute atomic E-state index is 0.248. The van der Waals surface area contributed by atoms with Crippen LogP contribution in [-0.2, 0) is 15.6 Å². The van der Waals surface area contributed by atoms with E-state index in [4.69, 9.17) is 0 Å². The Hall–Kier alpha value is -1.16. The Balaban J connectivity index is 1.44. The number of hydrogen-bond donors (Lipinski definition) is 0. The van der Waals surface area contributed by atoms with E-state index >= 15 is 0 Å². The third kappa shape index (κ3) is 2.96. The quantitative estimate of drug-likeness (QED) is 0.644. The molecule has 1 aromatic rings. The Labute approximate surface area is 184 Å². The molecule has 4 aliphatic rings. The van der Waals surface area contributed by atoms with Crippen LogP contribution in [0.25, 0.3) is 0 Å². The van der Waals surface area contributed by atoms with Gasteiger partial charge in [-0.05, 0) is 85.2 Å². The first-order valence-corrected chi connectivity index (χ1v) is 13.2. The minimum atomic E-state index is -0.907. The van der Waals surface area contributed by atoms with E-state index < -0.39 is 10.8 Å². The molecule has 1 amide bonds. The predicted octanol–water partition coefficient (Wildman–Crippen LogP) is 5.27. The summed E-state index contributed by atoms with van der Waals surface area (Å²) in [5.74, 6) is 3.05. The van der Waals surface area contributed by atoms with Crippen LogP contribution in [0.2, 0.25) is 0 Å². The number of fused-ring (bicyclic) bond motifs is 5. The van der Waals surface area contributed by atoms with Crippen molar-refractivity contribution in [2.24, 2.45) is 34.5 Å². The van der Waals surface area contributed by atoms with Crippen molar-refractivity contribution in [3.05, 3.63) is 30.3 Å². The SMILES string of the molecule is C[C@H]1C[C@H]2N(C)C(=O)CC[C@]2(C)[C@H]2CC[C@]3(C)C[C@@H](S(=O)c4ccccc4)C[C@H]3C12. The van der Waals surface area contributed by atoms with Gasteiger partial charge in [-0.2, -0.15) is 0 Å². The molecule has 0 spiro atoms. The summed E-state index contributed by atoms with van der Waals surface area (Å²) in [4.78, 5) is 15.5. The largest absolute Gasteiger partial charge is 0.342 e. The third-order valence-electron chi connectivity index (χ3n) is 9.94. The van der Waals surface area contributed by atoms with E-state index in [9.17, 15) is 9.00 Å². The van der Waals surface area contributed by atoms with Gasteiger partial charge in [0.2, 0.25) is 5.91 Å². The van der Waals surface area contributed by atoms with Gasteiger partial charge in [0.15, 0.2) is 0 Å². The molecule has 1 aliphatic heterocycles. The summed E-state index contributed by atoms with van der Waals surface area (Å²) in [6.07, 6.45) is 7.66. The molecular weight excluding hydrogens is 390 g/mol. The van der Waals surface area contributed by atoms with Crippen molar-refractivity contribution in [1.82, 2.24) is 4.90 Å². The Morgan fingerprint density at radius 3 is 2.53 bits per heavy atom. The number of carbonyl (C=O) groups excluding carboxylic acids is 1. The second kappa shape index (κ2) is 7.18. The maximum absolute atomic E-state index is 13.4. The van der Waals surface area contributed by atoms with E-state index in [0.717, 1.165) is 30.6 Å². The Morgan fingerprint density at radius 2 is 1.80 bits per heavy atom. The van der Waals surface area contributed by atoms with Gasteiger partial charge in [-0.15, -0.1) is 0 Å². The van der Waals surface area contributed by atoms with Crippen LogP contribution in [0, 0.1) is 34.5 Å². The van der Waals surface area contributed by atoms with Gasteiger partial charge in [-0.3, -0.25) is 9.00 Å². The number of piperidine rings is 1. The normalized spacial score (nSPS) is 46.7. The maximum Gasteiger partial charge on any atom is 0.222 e. The van der Waals surface area contributed by atoms with Crippen LogP contribution >= 0.6 is 0 Å². The third-order valence-corrected chi connectivity index (χ3v) is 11.6. The van der Waals surface area contributed by atoms with E-state index in [1.165, 1.54) is 12.8 Å². The fraction of sp³-hybridized carbons (Fsp3) is 0.731.